The van der Waals surface area contributed by atoms with Crippen LogP contribution in [0.25, 0.3) is 0 Å². The fraction of sp³-hybridized carbons (Fsp3) is 0.286. The minimum absolute atomic E-state index is 0.322. The van der Waals surface area contributed by atoms with Crippen molar-refractivity contribution in [3.05, 3.63) is 41.0 Å². The SMILES string of the molecule is Cc1cc(NC(C)C)nc(Nc2ccccc2Cl)n1. The lowest BCUT2D eigenvalue weighted by atomic mass is 10.3. The third kappa shape index (κ3) is 3.83. The van der Waals surface area contributed by atoms with E-state index in [1.165, 1.54) is 0 Å². The van der Waals surface area contributed by atoms with Gasteiger partial charge in [0.1, 0.15) is 5.82 Å². The number of nitrogens with zero attached hydrogens (tertiary/aromatic N) is 2. The molecule has 0 saturated heterocycles. The summed E-state index contributed by atoms with van der Waals surface area (Å²) in [4.78, 5) is 8.77. The normalized spacial score (nSPS) is 10.6. The van der Waals surface area contributed by atoms with E-state index < -0.39 is 0 Å². The fourth-order valence-corrected chi connectivity index (χ4v) is 1.86. The van der Waals surface area contributed by atoms with Gasteiger partial charge in [-0.2, -0.15) is 4.98 Å². The Morgan fingerprint density at radius 2 is 1.89 bits per heavy atom. The first-order chi connectivity index (χ1) is 9.04. The molecular formula is C14H17ClN4. The van der Waals surface area contributed by atoms with Crippen LogP contribution in [0.15, 0.2) is 30.3 Å². The van der Waals surface area contributed by atoms with Crippen molar-refractivity contribution >= 4 is 29.1 Å². The van der Waals surface area contributed by atoms with Gasteiger partial charge in [0.15, 0.2) is 0 Å². The molecule has 0 bridgehead atoms. The zero-order valence-electron chi connectivity index (χ0n) is 11.2. The van der Waals surface area contributed by atoms with Crippen molar-refractivity contribution in [3.63, 3.8) is 0 Å². The zero-order chi connectivity index (χ0) is 13.8. The summed E-state index contributed by atoms with van der Waals surface area (Å²) in [5, 5.41) is 7.04. The highest BCUT2D eigenvalue weighted by atomic mass is 35.5. The molecule has 2 rings (SSSR count). The molecule has 0 radical (unpaired) electrons. The summed E-state index contributed by atoms with van der Waals surface area (Å²) in [6.45, 7) is 6.07. The van der Waals surface area contributed by atoms with E-state index in [2.05, 4.69) is 34.4 Å². The Morgan fingerprint density at radius 3 is 2.58 bits per heavy atom. The van der Waals surface area contributed by atoms with Crippen LogP contribution in [0.2, 0.25) is 5.02 Å². The van der Waals surface area contributed by atoms with E-state index in [9.17, 15) is 0 Å². The monoisotopic (exact) mass is 276 g/mol. The maximum atomic E-state index is 6.10. The Labute approximate surface area is 118 Å². The van der Waals surface area contributed by atoms with Crippen LogP contribution in [-0.2, 0) is 0 Å². The van der Waals surface area contributed by atoms with Gasteiger partial charge < -0.3 is 10.6 Å². The molecule has 0 aliphatic rings. The first-order valence-corrected chi connectivity index (χ1v) is 6.56. The Kier molecular flexibility index (Phi) is 4.22. The molecule has 0 atom stereocenters. The minimum atomic E-state index is 0.322. The lowest BCUT2D eigenvalue weighted by molar-refractivity contribution is 0.885. The molecular weight excluding hydrogens is 260 g/mol. The van der Waals surface area contributed by atoms with E-state index in [0.717, 1.165) is 17.2 Å². The van der Waals surface area contributed by atoms with Crippen LogP contribution in [0, 0.1) is 6.92 Å². The van der Waals surface area contributed by atoms with Crippen LogP contribution >= 0.6 is 11.6 Å². The summed E-state index contributed by atoms with van der Waals surface area (Å²) in [7, 11) is 0. The van der Waals surface area contributed by atoms with Crippen molar-refractivity contribution in [1.82, 2.24) is 9.97 Å². The number of para-hydroxylation sites is 1. The van der Waals surface area contributed by atoms with Gasteiger partial charge in [0, 0.05) is 17.8 Å². The van der Waals surface area contributed by atoms with Gasteiger partial charge in [-0.15, -0.1) is 0 Å². The second-order valence-electron chi connectivity index (χ2n) is 4.62. The molecule has 4 nitrogen and oxygen atoms in total. The Balaban J connectivity index is 2.25. The number of hydrogen-bond acceptors (Lipinski definition) is 4. The van der Waals surface area contributed by atoms with Crippen LogP contribution in [-0.4, -0.2) is 16.0 Å². The molecule has 1 heterocycles. The summed E-state index contributed by atoms with van der Waals surface area (Å²) >= 11 is 6.10. The first kappa shape index (κ1) is 13.6. The van der Waals surface area contributed by atoms with Crippen molar-refractivity contribution in [3.8, 4) is 0 Å². The molecule has 0 spiro atoms. The second-order valence-corrected chi connectivity index (χ2v) is 5.03. The molecule has 0 amide bonds. The van der Waals surface area contributed by atoms with Crippen molar-refractivity contribution in [2.75, 3.05) is 10.6 Å². The fourth-order valence-electron chi connectivity index (χ4n) is 1.68. The van der Waals surface area contributed by atoms with Crippen LogP contribution in [0.5, 0.6) is 0 Å². The van der Waals surface area contributed by atoms with E-state index in [0.29, 0.717) is 17.0 Å². The number of aryl methyl sites for hydroxylation is 1. The van der Waals surface area contributed by atoms with Crippen LogP contribution in [0.4, 0.5) is 17.5 Å². The van der Waals surface area contributed by atoms with Gasteiger partial charge in [0.25, 0.3) is 0 Å². The average molecular weight is 277 g/mol. The van der Waals surface area contributed by atoms with Gasteiger partial charge in [-0.05, 0) is 32.9 Å². The largest absolute Gasteiger partial charge is 0.368 e. The maximum absolute atomic E-state index is 6.10. The van der Waals surface area contributed by atoms with Crippen molar-refractivity contribution in [2.24, 2.45) is 0 Å². The zero-order valence-corrected chi connectivity index (χ0v) is 12.0. The van der Waals surface area contributed by atoms with E-state index >= 15 is 0 Å². The first-order valence-electron chi connectivity index (χ1n) is 6.18. The molecule has 0 aliphatic heterocycles. The summed E-state index contributed by atoms with van der Waals surface area (Å²) in [6, 6.07) is 9.75. The molecule has 0 saturated carbocycles. The van der Waals surface area contributed by atoms with Crippen molar-refractivity contribution in [2.45, 2.75) is 26.8 Å². The number of aromatic nitrogens is 2. The molecule has 2 N–H and O–H groups in total. The molecule has 5 heteroatoms. The highest BCUT2D eigenvalue weighted by molar-refractivity contribution is 6.33. The smallest absolute Gasteiger partial charge is 0.229 e. The molecule has 1 aromatic carbocycles. The number of rotatable bonds is 4. The average Bonchev–Trinajstić information content (AvgIpc) is 2.30. The van der Waals surface area contributed by atoms with Crippen LogP contribution < -0.4 is 10.6 Å². The number of nitrogens with one attached hydrogen (secondary N) is 2. The second kappa shape index (κ2) is 5.89. The molecule has 0 aliphatic carbocycles. The molecule has 1 aromatic heterocycles. The number of benzene rings is 1. The highest BCUT2D eigenvalue weighted by Gasteiger charge is 2.05. The van der Waals surface area contributed by atoms with Gasteiger partial charge in [-0.1, -0.05) is 23.7 Å². The number of hydrogen-bond donors (Lipinski definition) is 2. The summed E-state index contributed by atoms with van der Waals surface area (Å²) in [6.07, 6.45) is 0. The number of anilines is 3. The van der Waals surface area contributed by atoms with Gasteiger partial charge in [-0.3, -0.25) is 0 Å². The van der Waals surface area contributed by atoms with Crippen molar-refractivity contribution in [1.29, 1.82) is 0 Å². The third-order valence-corrected chi connectivity index (χ3v) is 2.74. The lowest BCUT2D eigenvalue weighted by Crippen LogP contribution is -2.12. The van der Waals surface area contributed by atoms with E-state index in [4.69, 9.17) is 11.6 Å². The van der Waals surface area contributed by atoms with Crippen LogP contribution in [0.3, 0.4) is 0 Å². The molecule has 100 valence electrons. The Bertz CT molecular complexity index is 569. The van der Waals surface area contributed by atoms with Crippen LogP contribution in [0.1, 0.15) is 19.5 Å². The Hall–Kier alpha value is -1.81. The topological polar surface area (TPSA) is 49.8 Å². The summed E-state index contributed by atoms with van der Waals surface area (Å²) in [5.74, 6) is 1.34. The lowest BCUT2D eigenvalue weighted by Gasteiger charge is -2.12. The standard InChI is InChI=1S/C14H17ClN4/c1-9(2)16-13-8-10(3)17-14(19-13)18-12-7-5-4-6-11(12)15/h4-9H,1-3H3,(H2,16,17,18,19). The molecule has 19 heavy (non-hydrogen) atoms. The minimum Gasteiger partial charge on any atom is -0.368 e. The predicted molar refractivity (Wildman–Crippen MR) is 80.3 cm³/mol. The van der Waals surface area contributed by atoms with Crippen molar-refractivity contribution < 1.29 is 0 Å². The predicted octanol–water partition coefficient (Wildman–Crippen LogP) is 4.00. The number of halogens is 1. The van der Waals surface area contributed by atoms with Gasteiger partial charge in [0.05, 0.1) is 10.7 Å². The summed E-state index contributed by atoms with van der Waals surface area (Å²) in [5.41, 5.74) is 1.69. The van der Waals surface area contributed by atoms with E-state index in [1.54, 1.807) is 0 Å². The molecule has 0 fully saturated rings. The Morgan fingerprint density at radius 1 is 1.16 bits per heavy atom. The molecule has 0 unspecified atom stereocenters. The van der Waals surface area contributed by atoms with Gasteiger partial charge in [0.2, 0.25) is 5.95 Å². The quantitative estimate of drug-likeness (QED) is 0.886. The van der Waals surface area contributed by atoms with Gasteiger partial charge in [-0.25, -0.2) is 4.98 Å². The molecule has 2 aromatic rings. The highest BCUT2D eigenvalue weighted by Crippen LogP contribution is 2.23. The van der Waals surface area contributed by atoms with E-state index in [-0.39, 0.29) is 0 Å². The maximum Gasteiger partial charge on any atom is 0.229 e. The summed E-state index contributed by atoms with van der Waals surface area (Å²) < 4.78 is 0. The third-order valence-electron chi connectivity index (χ3n) is 2.41. The van der Waals surface area contributed by atoms with Gasteiger partial charge >= 0.3 is 0 Å². The van der Waals surface area contributed by atoms with E-state index in [1.807, 2.05) is 37.3 Å².